The molecular formula is C23H21N3O5S2. The first-order valence-electron chi connectivity index (χ1n) is 10.1. The van der Waals surface area contributed by atoms with Gasteiger partial charge in [-0.3, -0.25) is 14.4 Å². The number of thiophene rings is 1. The molecule has 0 spiro atoms. The van der Waals surface area contributed by atoms with Gasteiger partial charge in [-0.2, -0.15) is 4.31 Å². The van der Waals surface area contributed by atoms with E-state index in [1.807, 2.05) is 5.38 Å². The highest BCUT2D eigenvalue weighted by atomic mass is 32.2. The maximum Gasteiger partial charge on any atom is 0.252 e. The average Bonchev–Trinajstić information content (AvgIpc) is 3.40. The van der Waals surface area contributed by atoms with Crippen molar-refractivity contribution in [3.8, 4) is 0 Å². The quantitative estimate of drug-likeness (QED) is 0.520. The Morgan fingerprint density at radius 1 is 1.06 bits per heavy atom. The van der Waals surface area contributed by atoms with Crippen LogP contribution in [0.15, 0.2) is 77.0 Å². The Kier molecular flexibility index (Phi) is 6.41. The Labute approximate surface area is 195 Å². The lowest BCUT2D eigenvalue weighted by atomic mass is 10.2. The summed E-state index contributed by atoms with van der Waals surface area (Å²) in [5.41, 5.74) is 0.858. The largest absolute Gasteiger partial charge is 0.326 e. The number of carbonyl (C=O) groups excluding carboxylic acids is 3. The fraction of sp³-hybridized carbons (Fsp3) is 0.174. The van der Waals surface area contributed by atoms with Crippen LogP contribution in [0.25, 0.3) is 0 Å². The molecule has 3 amide bonds. The number of carbonyl (C=O) groups is 3. The Bertz CT molecular complexity index is 1270. The number of nitrogens with one attached hydrogen (secondary N) is 1. The number of para-hydroxylation sites is 1. The number of hydrogen-bond donors (Lipinski definition) is 1. The summed E-state index contributed by atoms with van der Waals surface area (Å²) >= 11 is 1.37. The molecule has 0 aliphatic carbocycles. The average molecular weight is 484 g/mol. The molecule has 1 aliphatic rings. The van der Waals surface area contributed by atoms with Crippen LogP contribution in [0, 0.1) is 0 Å². The maximum atomic E-state index is 13.6. The minimum atomic E-state index is -4.14. The van der Waals surface area contributed by atoms with E-state index in [0.29, 0.717) is 11.4 Å². The second kappa shape index (κ2) is 9.26. The third kappa shape index (κ3) is 4.72. The van der Waals surface area contributed by atoms with Crippen molar-refractivity contribution >= 4 is 50.5 Å². The number of amides is 3. The van der Waals surface area contributed by atoms with E-state index in [2.05, 4.69) is 5.32 Å². The molecule has 1 N–H and O–H groups in total. The standard InChI is InChI=1S/C23H21N3O5S2/c1-16(27)24-17-9-11-20(12-10-17)33(30,31)25(15-19-8-5-13-32-19)21-14-22(28)26(23(21)29)18-6-3-2-4-7-18/h2-13,21H,14-15H2,1H3,(H,24,27). The number of anilines is 2. The first-order valence-corrected chi connectivity index (χ1v) is 12.4. The van der Waals surface area contributed by atoms with E-state index in [1.165, 1.54) is 42.5 Å². The van der Waals surface area contributed by atoms with Crippen molar-refractivity contribution in [3.05, 3.63) is 77.0 Å². The van der Waals surface area contributed by atoms with Gasteiger partial charge < -0.3 is 5.32 Å². The minimum Gasteiger partial charge on any atom is -0.326 e. The van der Waals surface area contributed by atoms with Crippen molar-refractivity contribution in [1.29, 1.82) is 0 Å². The van der Waals surface area contributed by atoms with Crippen LogP contribution in [-0.2, 0) is 31.0 Å². The van der Waals surface area contributed by atoms with E-state index in [1.54, 1.807) is 42.5 Å². The van der Waals surface area contributed by atoms with Gasteiger partial charge in [0.2, 0.25) is 21.8 Å². The highest BCUT2D eigenvalue weighted by molar-refractivity contribution is 7.89. The van der Waals surface area contributed by atoms with Crippen molar-refractivity contribution in [2.45, 2.75) is 30.8 Å². The molecule has 0 radical (unpaired) electrons. The summed E-state index contributed by atoms with van der Waals surface area (Å²) in [6.45, 7) is 1.31. The lowest BCUT2D eigenvalue weighted by Gasteiger charge is -2.26. The molecular weight excluding hydrogens is 462 g/mol. The summed E-state index contributed by atoms with van der Waals surface area (Å²) in [5, 5.41) is 4.41. The van der Waals surface area contributed by atoms with E-state index in [4.69, 9.17) is 0 Å². The molecule has 1 saturated heterocycles. The molecule has 1 fully saturated rings. The molecule has 2 aromatic carbocycles. The molecule has 4 rings (SSSR count). The van der Waals surface area contributed by atoms with Crippen molar-refractivity contribution in [2.24, 2.45) is 0 Å². The molecule has 0 bridgehead atoms. The molecule has 1 atom stereocenters. The molecule has 1 aromatic heterocycles. The van der Waals surface area contributed by atoms with E-state index in [-0.39, 0.29) is 23.8 Å². The fourth-order valence-electron chi connectivity index (χ4n) is 3.66. The predicted molar refractivity (Wildman–Crippen MR) is 125 cm³/mol. The van der Waals surface area contributed by atoms with Crippen LogP contribution in [0.3, 0.4) is 0 Å². The molecule has 2 heterocycles. The zero-order chi connectivity index (χ0) is 23.6. The van der Waals surface area contributed by atoms with Crippen LogP contribution in [0.4, 0.5) is 11.4 Å². The smallest absolute Gasteiger partial charge is 0.252 e. The van der Waals surface area contributed by atoms with Gasteiger partial charge in [0.05, 0.1) is 17.0 Å². The van der Waals surface area contributed by atoms with Gasteiger partial charge in [0.1, 0.15) is 6.04 Å². The number of nitrogens with zero attached hydrogens (tertiary/aromatic N) is 2. The van der Waals surface area contributed by atoms with E-state index in [0.717, 1.165) is 14.1 Å². The van der Waals surface area contributed by atoms with Gasteiger partial charge in [-0.15, -0.1) is 11.3 Å². The maximum absolute atomic E-state index is 13.6. The van der Waals surface area contributed by atoms with E-state index < -0.39 is 27.9 Å². The van der Waals surface area contributed by atoms with Gasteiger partial charge >= 0.3 is 0 Å². The van der Waals surface area contributed by atoms with Crippen LogP contribution in [0.5, 0.6) is 0 Å². The normalized spacial score (nSPS) is 16.4. The summed E-state index contributed by atoms with van der Waals surface area (Å²) in [5.74, 6) is -1.31. The number of hydrogen-bond acceptors (Lipinski definition) is 6. The summed E-state index contributed by atoms with van der Waals surface area (Å²) in [6.07, 6.45) is -0.248. The molecule has 33 heavy (non-hydrogen) atoms. The molecule has 170 valence electrons. The SMILES string of the molecule is CC(=O)Nc1ccc(S(=O)(=O)N(Cc2cccs2)C2CC(=O)N(c3ccccc3)C2=O)cc1. The number of sulfonamides is 1. The lowest BCUT2D eigenvalue weighted by molar-refractivity contribution is -0.122. The topological polar surface area (TPSA) is 104 Å². The molecule has 3 aromatic rings. The van der Waals surface area contributed by atoms with Crippen LogP contribution in [0.2, 0.25) is 0 Å². The second-order valence-corrected chi connectivity index (χ2v) is 10.4. The third-order valence-electron chi connectivity index (χ3n) is 5.16. The van der Waals surface area contributed by atoms with Gasteiger partial charge in [-0.05, 0) is 47.8 Å². The van der Waals surface area contributed by atoms with Gasteiger partial charge in [0.15, 0.2) is 0 Å². The third-order valence-corrected chi connectivity index (χ3v) is 7.89. The van der Waals surface area contributed by atoms with Gasteiger partial charge in [-0.25, -0.2) is 13.3 Å². The Hall–Kier alpha value is -3.34. The minimum absolute atomic E-state index is 0.0356. The molecule has 0 saturated carbocycles. The van der Waals surface area contributed by atoms with Crippen molar-refractivity contribution in [1.82, 2.24) is 4.31 Å². The molecule has 1 aliphatic heterocycles. The van der Waals surface area contributed by atoms with Crippen LogP contribution in [-0.4, -0.2) is 36.5 Å². The molecule has 10 heteroatoms. The second-order valence-electron chi connectivity index (χ2n) is 7.46. The lowest BCUT2D eigenvalue weighted by Crippen LogP contribution is -2.44. The van der Waals surface area contributed by atoms with Crippen LogP contribution >= 0.6 is 11.3 Å². The first-order chi connectivity index (χ1) is 15.8. The summed E-state index contributed by atoms with van der Waals surface area (Å²) in [7, 11) is -4.14. The van der Waals surface area contributed by atoms with Crippen molar-refractivity contribution < 1.29 is 22.8 Å². The van der Waals surface area contributed by atoms with Crippen LogP contribution in [0.1, 0.15) is 18.2 Å². The van der Waals surface area contributed by atoms with Crippen LogP contribution < -0.4 is 10.2 Å². The zero-order valence-electron chi connectivity index (χ0n) is 17.7. The number of rotatable bonds is 7. The van der Waals surface area contributed by atoms with Gasteiger partial charge in [0, 0.05) is 24.0 Å². The molecule has 8 nitrogen and oxygen atoms in total. The number of imide groups is 1. The summed E-state index contributed by atoms with van der Waals surface area (Å²) < 4.78 is 28.4. The Morgan fingerprint density at radius 3 is 2.36 bits per heavy atom. The van der Waals surface area contributed by atoms with E-state index in [9.17, 15) is 22.8 Å². The van der Waals surface area contributed by atoms with E-state index >= 15 is 0 Å². The summed E-state index contributed by atoms with van der Waals surface area (Å²) in [4.78, 5) is 39.1. The first kappa shape index (κ1) is 22.8. The Morgan fingerprint density at radius 2 is 1.76 bits per heavy atom. The van der Waals surface area contributed by atoms with Crippen molar-refractivity contribution in [2.75, 3.05) is 10.2 Å². The molecule has 1 unspecified atom stereocenters. The van der Waals surface area contributed by atoms with Gasteiger partial charge in [0.25, 0.3) is 5.91 Å². The van der Waals surface area contributed by atoms with Crippen molar-refractivity contribution in [3.63, 3.8) is 0 Å². The Balaban J connectivity index is 1.70. The summed E-state index contributed by atoms with van der Waals surface area (Å²) in [6, 6.07) is 16.6. The highest BCUT2D eigenvalue weighted by Crippen LogP contribution is 2.31. The number of benzene rings is 2. The fourth-order valence-corrected chi connectivity index (χ4v) is 6.00. The highest BCUT2D eigenvalue weighted by Gasteiger charge is 2.47. The zero-order valence-corrected chi connectivity index (χ0v) is 19.3. The monoisotopic (exact) mass is 483 g/mol. The predicted octanol–water partition coefficient (Wildman–Crippen LogP) is 3.23. The van der Waals surface area contributed by atoms with Gasteiger partial charge in [-0.1, -0.05) is 24.3 Å².